The van der Waals surface area contributed by atoms with Crippen molar-refractivity contribution in [3.8, 4) is 11.5 Å². The largest absolute Gasteiger partial charge is 0.497 e. The number of rotatable bonds is 9. The van der Waals surface area contributed by atoms with Gasteiger partial charge in [0.25, 0.3) is 0 Å². The van der Waals surface area contributed by atoms with Crippen molar-refractivity contribution in [2.75, 3.05) is 54.0 Å². The van der Waals surface area contributed by atoms with Gasteiger partial charge in [-0.3, -0.25) is 4.99 Å². The Morgan fingerprint density at radius 3 is 2.63 bits per heavy atom. The highest BCUT2D eigenvalue weighted by Gasteiger charge is 2.15. The van der Waals surface area contributed by atoms with E-state index in [1.165, 1.54) is 25.9 Å². The zero-order valence-corrected chi connectivity index (χ0v) is 17.6. The fraction of sp³-hybridized carbons (Fsp3) is 0.667. The molecular formula is C21H36N4O2. The van der Waals surface area contributed by atoms with Gasteiger partial charge >= 0.3 is 0 Å². The molecule has 1 atom stereocenters. The van der Waals surface area contributed by atoms with Gasteiger partial charge in [-0.25, -0.2) is 0 Å². The van der Waals surface area contributed by atoms with Crippen molar-refractivity contribution >= 4 is 5.96 Å². The van der Waals surface area contributed by atoms with E-state index < -0.39 is 0 Å². The van der Waals surface area contributed by atoms with Gasteiger partial charge in [-0.2, -0.15) is 0 Å². The van der Waals surface area contributed by atoms with Gasteiger partial charge in [0, 0.05) is 44.9 Å². The lowest BCUT2D eigenvalue weighted by Crippen LogP contribution is -2.39. The summed E-state index contributed by atoms with van der Waals surface area (Å²) in [6.45, 7) is 10.4. The molecule has 1 aromatic rings. The molecule has 0 saturated carbocycles. The number of likely N-dealkylation sites (tertiary alicyclic amines) is 1. The molecule has 1 unspecified atom stereocenters. The summed E-state index contributed by atoms with van der Waals surface area (Å²) >= 11 is 0. The quantitative estimate of drug-likeness (QED) is 0.530. The van der Waals surface area contributed by atoms with Gasteiger partial charge in [-0.1, -0.05) is 6.92 Å². The molecular weight excluding hydrogens is 340 g/mol. The number of nitrogens with one attached hydrogen (secondary N) is 1. The minimum Gasteiger partial charge on any atom is -0.497 e. The molecule has 1 N–H and O–H groups in total. The van der Waals surface area contributed by atoms with E-state index in [1.807, 2.05) is 18.2 Å². The Kier molecular flexibility index (Phi) is 8.72. The standard InChI is InChI=1S/C21H36N4O2/c1-6-22-21(23-14-17(2)15-25-11-7-8-12-25)24(3)16-18-9-10-19(26-4)13-20(18)27-5/h9-10,13,17H,6-8,11-12,14-16H2,1-5H3,(H,22,23). The fourth-order valence-electron chi connectivity index (χ4n) is 3.49. The van der Waals surface area contributed by atoms with Gasteiger partial charge in [0.05, 0.1) is 14.2 Å². The number of guanidine groups is 1. The minimum atomic E-state index is 0.556. The van der Waals surface area contributed by atoms with E-state index in [0.717, 1.165) is 49.2 Å². The predicted molar refractivity (Wildman–Crippen MR) is 112 cm³/mol. The van der Waals surface area contributed by atoms with Gasteiger partial charge in [0.2, 0.25) is 0 Å². The summed E-state index contributed by atoms with van der Waals surface area (Å²) in [7, 11) is 5.42. The average molecular weight is 377 g/mol. The van der Waals surface area contributed by atoms with E-state index in [-0.39, 0.29) is 0 Å². The van der Waals surface area contributed by atoms with Gasteiger partial charge in [-0.15, -0.1) is 0 Å². The van der Waals surface area contributed by atoms with Crippen LogP contribution in [0.5, 0.6) is 11.5 Å². The van der Waals surface area contributed by atoms with Crippen LogP contribution in [0.25, 0.3) is 0 Å². The highest BCUT2D eigenvalue weighted by Crippen LogP contribution is 2.25. The Morgan fingerprint density at radius 1 is 1.26 bits per heavy atom. The molecule has 1 aliphatic rings. The number of nitrogens with zero attached hydrogens (tertiary/aromatic N) is 3. The van der Waals surface area contributed by atoms with Crippen LogP contribution in [0.2, 0.25) is 0 Å². The number of hydrogen-bond donors (Lipinski definition) is 1. The van der Waals surface area contributed by atoms with Crippen molar-refractivity contribution < 1.29 is 9.47 Å². The third kappa shape index (κ3) is 6.61. The summed E-state index contributed by atoms with van der Waals surface area (Å²) in [6, 6.07) is 5.94. The molecule has 0 spiro atoms. The molecule has 0 aliphatic carbocycles. The monoisotopic (exact) mass is 376 g/mol. The Hall–Kier alpha value is -1.95. The Labute approximate surface area is 164 Å². The maximum atomic E-state index is 5.53. The number of methoxy groups -OCH3 is 2. The molecule has 1 saturated heterocycles. The van der Waals surface area contributed by atoms with Crippen LogP contribution < -0.4 is 14.8 Å². The summed E-state index contributed by atoms with van der Waals surface area (Å²) < 4.78 is 10.8. The van der Waals surface area contributed by atoms with Crippen LogP contribution in [0, 0.1) is 5.92 Å². The van der Waals surface area contributed by atoms with Crippen molar-refractivity contribution in [2.24, 2.45) is 10.9 Å². The van der Waals surface area contributed by atoms with Gasteiger partial charge in [-0.05, 0) is 50.9 Å². The van der Waals surface area contributed by atoms with Gasteiger partial charge < -0.3 is 24.6 Å². The average Bonchev–Trinajstić information content (AvgIpc) is 3.18. The third-order valence-electron chi connectivity index (χ3n) is 4.92. The first-order valence-electron chi connectivity index (χ1n) is 10.00. The van der Waals surface area contributed by atoms with Crippen molar-refractivity contribution in [2.45, 2.75) is 33.2 Å². The Morgan fingerprint density at radius 2 is 2.00 bits per heavy atom. The lowest BCUT2D eigenvalue weighted by atomic mass is 10.1. The molecule has 1 heterocycles. The normalized spacial score (nSPS) is 16.3. The highest BCUT2D eigenvalue weighted by molar-refractivity contribution is 5.79. The first kappa shape index (κ1) is 21.4. The Balaban J connectivity index is 1.99. The van der Waals surface area contributed by atoms with Crippen LogP contribution in [0.4, 0.5) is 0 Å². The number of aliphatic imine (C=N–C) groups is 1. The second-order valence-corrected chi connectivity index (χ2v) is 7.34. The molecule has 1 aliphatic heterocycles. The summed E-state index contributed by atoms with van der Waals surface area (Å²) in [4.78, 5) is 9.58. The molecule has 1 fully saturated rings. The van der Waals surface area contributed by atoms with E-state index in [2.05, 4.69) is 36.0 Å². The maximum absolute atomic E-state index is 5.53. The predicted octanol–water partition coefficient (Wildman–Crippen LogP) is 2.83. The summed E-state index contributed by atoms with van der Waals surface area (Å²) in [5.74, 6) is 3.12. The lowest BCUT2D eigenvalue weighted by Gasteiger charge is -2.24. The van der Waals surface area contributed by atoms with E-state index in [4.69, 9.17) is 14.5 Å². The van der Waals surface area contributed by atoms with Crippen LogP contribution in [0.3, 0.4) is 0 Å². The molecule has 0 aromatic heterocycles. The SMILES string of the molecule is CCNC(=NCC(C)CN1CCCC1)N(C)Cc1ccc(OC)cc1OC. The molecule has 0 amide bonds. The Bertz CT molecular complexity index is 600. The third-order valence-corrected chi connectivity index (χ3v) is 4.92. The van der Waals surface area contributed by atoms with E-state index in [0.29, 0.717) is 5.92 Å². The van der Waals surface area contributed by atoms with Crippen LogP contribution in [0.1, 0.15) is 32.3 Å². The molecule has 0 radical (unpaired) electrons. The van der Waals surface area contributed by atoms with Crippen molar-refractivity contribution in [1.29, 1.82) is 0 Å². The zero-order chi connectivity index (χ0) is 19.6. The molecule has 6 nitrogen and oxygen atoms in total. The smallest absolute Gasteiger partial charge is 0.193 e. The molecule has 152 valence electrons. The van der Waals surface area contributed by atoms with Crippen molar-refractivity contribution in [3.63, 3.8) is 0 Å². The molecule has 1 aromatic carbocycles. The van der Waals surface area contributed by atoms with Gasteiger partial charge in [0.15, 0.2) is 5.96 Å². The lowest BCUT2D eigenvalue weighted by molar-refractivity contribution is 0.291. The van der Waals surface area contributed by atoms with E-state index in [1.54, 1.807) is 14.2 Å². The first-order valence-corrected chi connectivity index (χ1v) is 10.00. The molecule has 2 rings (SSSR count). The van der Waals surface area contributed by atoms with Crippen LogP contribution >= 0.6 is 0 Å². The maximum Gasteiger partial charge on any atom is 0.193 e. The topological polar surface area (TPSA) is 49.3 Å². The van der Waals surface area contributed by atoms with Crippen LogP contribution in [-0.4, -0.2) is 69.8 Å². The fourth-order valence-corrected chi connectivity index (χ4v) is 3.49. The summed E-state index contributed by atoms with van der Waals surface area (Å²) in [5, 5.41) is 3.41. The first-order chi connectivity index (χ1) is 13.1. The van der Waals surface area contributed by atoms with Gasteiger partial charge in [0.1, 0.15) is 11.5 Å². The van der Waals surface area contributed by atoms with Crippen molar-refractivity contribution in [3.05, 3.63) is 23.8 Å². The number of hydrogen-bond acceptors (Lipinski definition) is 4. The summed E-state index contributed by atoms with van der Waals surface area (Å²) in [6.07, 6.45) is 2.68. The van der Waals surface area contributed by atoms with Crippen molar-refractivity contribution in [1.82, 2.24) is 15.1 Å². The second kappa shape index (κ2) is 11.0. The second-order valence-electron chi connectivity index (χ2n) is 7.34. The van der Waals surface area contributed by atoms with E-state index in [9.17, 15) is 0 Å². The summed E-state index contributed by atoms with van der Waals surface area (Å²) in [5.41, 5.74) is 1.11. The molecule has 27 heavy (non-hydrogen) atoms. The molecule has 0 bridgehead atoms. The molecule has 6 heteroatoms. The minimum absolute atomic E-state index is 0.556. The van der Waals surface area contributed by atoms with Crippen LogP contribution in [0.15, 0.2) is 23.2 Å². The number of benzene rings is 1. The number of ether oxygens (including phenoxy) is 2. The zero-order valence-electron chi connectivity index (χ0n) is 17.6. The van der Waals surface area contributed by atoms with E-state index >= 15 is 0 Å². The highest BCUT2D eigenvalue weighted by atomic mass is 16.5. The van der Waals surface area contributed by atoms with Crippen LogP contribution in [-0.2, 0) is 6.54 Å².